The number of allylic oxidation sites excluding steroid dienone is 1. The van der Waals surface area contributed by atoms with E-state index in [0.29, 0.717) is 6.08 Å². The van der Waals surface area contributed by atoms with Gasteiger partial charge in [0.1, 0.15) is 4.33 Å². The van der Waals surface area contributed by atoms with Crippen molar-refractivity contribution in [2.75, 3.05) is 0 Å². The summed E-state index contributed by atoms with van der Waals surface area (Å²) in [5.74, 6) is 0. The van der Waals surface area contributed by atoms with Gasteiger partial charge >= 0.3 is 0 Å². The fourth-order valence-electron chi connectivity index (χ4n) is 0.192. The molecule has 0 heterocycles. The largest absolute Gasteiger partial charge is 0.269 e. The van der Waals surface area contributed by atoms with Crippen molar-refractivity contribution in [2.45, 2.75) is 11.3 Å². The number of rotatable bonds is 1. The van der Waals surface area contributed by atoms with Crippen molar-refractivity contribution in [1.82, 2.24) is 0 Å². The summed E-state index contributed by atoms with van der Waals surface area (Å²) >= 11 is 10.3. The highest BCUT2D eigenvalue weighted by Crippen LogP contribution is 2.23. The van der Waals surface area contributed by atoms with Gasteiger partial charge in [0.05, 0.1) is 0 Å². The van der Waals surface area contributed by atoms with Crippen LogP contribution in [0.2, 0.25) is 0 Å². The third kappa shape index (κ3) is 6.18. The van der Waals surface area contributed by atoms with Crippen LogP contribution in [0.4, 0.5) is 8.78 Å². The zero-order valence-electron chi connectivity index (χ0n) is 4.09. The normalized spacial score (nSPS) is 11.1. The molecule has 0 bridgehead atoms. The van der Waals surface area contributed by atoms with E-state index >= 15 is 0 Å². The molecule has 0 N–H and O–H groups in total. The lowest BCUT2D eigenvalue weighted by Gasteiger charge is -2.02. The van der Waals surface area contributed by atoms with Crippen LogP contribution in [0.1, 0.15) is 6.92 Å². The minimum Gasteiger partial charge on any atom is -0.174 e. The van der Waals surface area contributed by atoms with Gasteiger partial charge in [-0.25, -0.2) is 0 Å². The number of alkyl halides is 2. The molecule has 0 saturated heterocycles. The number of hydrogen-bond donors (Lipinski definition) is 0. The molecular weight excluding hydrogens is 157 g/mol. The van der Waals surface area contributed by atoms with Gasteiger partial charge in [0.25, 0.3) is 6.08 Å². The Morgan fingerprint density at radius 1 is 1.50 bits per heavy atom. The first-order valence-corrected chi connectivity index (χ1v) is 2.59. The van der Waals surface area contributed by atoms with Crippen molar-refractivity contribution in [3.05, 3.63) is 12.2 Å². The highest BCUT2D eigenvalue weighted by molar-refractivity contribution is 6.49. The Kier molecular flexibility index (Phi) is 2.71. The molecule has 0 rings (SSSR count). The Morgan fingerprint density at radius 3 is 1.88 bits per heavy atom. The Hall–Kier alpha value is 0.180. The fourth-order valence-corrected chi connectivity index (χ4v) is 0.357. The predicted octanol–water partition coefficient (Wildman–Crippen LogP) is 2.96. The van der Waals surface area contributed by atoms with Crippen molar-refractivity contribution >= 4 is 23.2 Å². The third-order valence-electron chi connectivity index (χ3n) is 0.363. The third-order valence-corrected chi connectivity index (χ3v) is 0.581. The van der Waals surface area contributed by atoms with E-state index in [0.717, 1.165) is 0 Å². The summed E-state index contributed by atoms with van der Waals surface area (Å²) in [4.78, 5) is 0. The maximum absolute atomic E-state index is 11.2. The van der Waals surface area contributed by atoms with Crippen LogP contribution in [0.25, 0.3) is 0 Å². The van der Waals surface area contributed by atoms with Crippen LogP contribution in [-0.4, -0.2) is 4.33 Å². The molecule has 0 radical (unpaired) electrons. The summed E-state index contributed by atoms with van der Waals surface area (Å²) < 4.78 is 21.0. The second-order valence-corrected chi connectivity index (χ2v) is 3.15. The molecule has 0 amide bonds. The maximum atomic E-state index is 11.2. The summed E-state index contributed by atoms with van der Waals surface area (Å²) in [5, 5.41) is 0. The zero-order valence-corrected chi connectivity index (χ0v) is 5.60. The van der Waals surface area contributed by atoms with Gasteiger partial charge in [-0.3, -0.25) is 0 Å². The van der Waals surface area contributed by atoms with Crippen molar-refractivity contribution in [3.8, 4) is 0 Å². The summed E-state index contributed by atoms with van der Waals surface area (Å²) in [5.41, 5.74) is 0. The van der Waals surface area contributed by atoms with Crippen LogP contribution in [0.3, 0.4) is 0 Å². The minimum atomic E-state index is -1.86. The van der Waals surface area contributed by atoms with Crippen molar-refractivity contribution in [1.29, 1.82) is 0 Å². The first-order chi connectivity index (χ1) is 3.42. The average molecular weight is 161 g/mol. The molecule has 0 aliphatic carbocycles. The van der Waals surface area contributed by atoms with Crippen LogP contribution in [0.15, 0.2) is 12.2 Å². The molecular formula is C4H4Cl2F2. The first kappa shape index (κ1) is 8.18. The maximum Gasteiger partial charge on any atom is 0.269 e. The fraction of sp³-hybridized carbons (Fsp3) is 0.500. The molecule has 0 aliphatic heterocycles. The van der Waals surface area contributed by atoms with Crippen molar-refractivity contribution < 1.29 is 8.78 Å². The molecule has 4 heteroatoms. The van der Waals surface area contributed by atoms with E-state index in [-0.39, 0.29) is 0 Å². The second kappa shape index (κ2) is 2.65. The smallest absolute Gasteiger partial charge is 0.174 e. The van der Waals surface area contributed by atoms with Gasteiger partial charge in [-0.05, 0) is 6.92 Å². The lowest BCUT2D eigenvalue weighted by atomic mass is 10.4. The van der Waals surface area contributed by atoms with Crippen LogP contribution >= 0.6 is 23.2 Å². The van der Waals surface area contributed by atoms with Crippen LogP contribution in [0.5, 0.6) is 0 Å². The lowest BCUT2D eigenvalue weighted by Crippen LogP contribution is -1.99. The van der Waals surface area contributed by atoms with Gasteiger partial charge in [0.15, 0.2) is 0 Å². The standard InChI is InChI=1S/C4H4Cl2F2/c1-4(5,6)2-3(7)8/h2H,1H3. The molecule has 0 aromatic carbocycles. The van der Waals surface area contributed by atoms with E-state index in [4.69, 9.17) is 23.2 Å². The number of hydrogen-bond acceptors (Lipinski definition) is 0. The molecule has 0 spiro atoms. The zero-order chi connectivity index (χ0) is 6.78. The molecule has 0 saturated carbocycles. The second-order valence-electron chi connectivity index (χ2n) is 1.39. The molecule has 0 unspecified atom stereocenters. The van der Waals surface area contributed by atoms with Gasteiger partial charge in [-0.1, -0.05) is 23.2 Å². The van der Waals surface area contributed by atoms with E-state index in [1.165, 1.54) is 6.92 Å². The van der Waals surface area contributed by atoms with E-state index in [2.05, 4.69) is 0 Å². The van der Waals surface area contributed by atoms with Gasteiger partial charge < -0.3 is 0 Å². The Morgan fingerprint density at radius 2 is 1.88 bits per heavy atom. The summed E-state index contributed by atoms with van der Waals surface area (Å²) in [7, 11) is 0. The molecule has 48 valence electrons. The van der Waals surface area contributed by atoms with Crippen LogP contribution < -0.4 is 0 Å². The molecule has 0 nitrogen and oxygen atoms in total. The van der Waals surface area contributed by atoms with Crippen LogP contribution in [-0.2, 0) is 0 Å². The van der Waals surface area contributed by atoms with E-state index in [1.807, 2.05) is 0 Å². The topological polar surface area (TPSA) is 0 Å². The molecule has 8 heavy (non-hydrogen) atoms. The van der Waals surface area contributed by atoms with E-state index in [1.54, 1.807) is 0 Å². The Balaban J connectivity index is 3.89. The molecule has 0 aliphatic rings. The highest BCUT2D eigenvalue weighted by atomic mass is 35.5. The van der Waals surface area contributed by atoms with Gasteiger partial charge in [0.2, 0.25) is 0 Å². The van der Waals surface area contributed by atoms with Gasteiger partial charge in [-0.15, -0.1) is 0 Å². The van der Waals surface area contributed by atoms with E-state index in [9.17, 15) is 8.78 Å². The summed E-state index contributed by atoms with van der Waals surface area (Å²) in [6, 6.07) is 0. The lowest BCUT2D eigenvalue weighted by molar-refractivity contribution is 0.417. The predicted molar refractivity (Wildman–Crippen MR) is 30.4 cm³/mol. The quantitative estimate of drug-likeness (QED) is 0.518. The monoisotopic (exact) mass is 160 g/mol. The Bertz CT molecular complexity index is 99.1. The molecule has 0 aromatic heterocycles. The van der Waals surface area contributed by atoms with Crippen LogP contribution in [0, 0.1) is 0 Å². The molecule has 0 aromatic rings. The minimum absolute atomic E-state index is 0.468. The first-order valence-electron chi connectivity index (χ1n) is 1.83. The summed E-state index contributed by atoms with van der Waals surface area (Å²) in [6.45, 7) is 1.26. The molecule has 0 fully saturated rings. The number of halogens is 4. The Labute approximate surface area is 56.1 Å². The average Bonchev–Trinajstić information content (AvgIpc) is 1.21. The van der Waals surface area contributed by atoms with E-state index < -0.39 is 10.4 Å². The highest BCUT2D eigenvalue weighted by Gasteiger charge is 2.13. The SMILES string of the molecule is CC(Cl)(Cl)C=C(F)F. The van der Waals surface area contributed by atoms with Crippen molar-refractivity contribution in [2.24, 2.45) is 0 Å². The molecule has 0 atom stereocenters. The van der Waals surface area contributed by atoms with Gasteiger partial charge in [-0.2, -0.15) is 8.78 Å². The van der Waals surface area contributed by atoms with Gasteiger partial charge in [0, 0.05) is 6.08 Å². The van der Waals surface area contributed by atoms with Crippen molar-refractivity contribution in [3.63, 3.8) is 0 Å². The summed E-state index contributed by atoms with van der Waals surface area (Å²) in [6.07, 6.45) is -1.40.